The lowest BCUT2D eigenvalue weighted by Gasteiger charge is -2.34. The molecule has 10 heteroatoms. The summed E-state index contributed by atoms with van der Waals surface area (Å²) in [6.45, 7) is 4.03. The van der Waals surface area contributed by atoms with Gasteiger partial charge in [0, 0.05) is 24.3 Å². The Labute approximate surface area is 162 Å². The van der Waals surface area contributed by atoms with Gasteiger partial charge in [0.05, 0.1) is 36.4 Å². The molecule has 0 radical (unpaired) electrons. The van der Waals surface area contributed by atoms with E-state index in [1.54, 1.807) is 23.1 Å². The van der Waals surface area contributed by atoms with Crippen molar-refractivity contribution >= 4 is 26.7 Å². The molecule has 9 nitrogen and oxygen atoms in total. The van der Waals surface area contributed by atoms with Crippen molar-refractivity contribution in [2.24, 2.45) is 0 Å². The zero-order chi connectivity index (χ0) is 19.5. The Kier molecular flexibility index (Phi) is 3.79. The molecule has 4 heterocycles. The van der Waals surface area contributed by atoms with Crippen LogP contribution in [0.4, 0.5) is 5.82 Å². The van der Waals surface area contributed by atoms with Crippen LogP contribution in [0, 0.1) is 0 Å². The highest BCUT2D eigenvalue weighted by atomic mass is 32.2. The van der Waals surface area contributed by atoms with Crippen molar-refractivity contribution < 1.29 is 13.2 Å². The lowest BCUT2D eigenvalue weighted by molar-refractivity contribution is 0.0985. The maximum atomic E-state index is 12.6. The lowest BCUT2D eigenvalue weighted by Crippen LogP contribution is -2.44. The molecule has 0 spiro atoms. The molecular formula is C18H22N6O3S. The summed E-state index contributed by atoms with van der Waals surface area (Å²) < 4.78 is 31.7. The first kappa shape index (κ1) is 17.6. The third-order valence-corrected chi connectivity index (χ3v) is 7.86. The van der Waals surface area contributed by atoms with Crippen LogP contribution in [-0.2, 0) is 19.3 Å². The summed E-state index contributed by atoms with van der Waals surface area (Å²) in [5.41, 5.74) is 1.42. The van der Waals surface area contributed by atoms with Gasteiger partial charge in [-0.25, -0.2) is 13.4 Å². The van der Waals surface area contributed by atoms with Crippen LogP contribution in [0.2, 0.25) is 0 Å². The van der Waals surface area contributed by atoms with E-state index in [-0.39, 0.29) is 6.04 Å². The Morgan fingerprint density at radius 3 is 2.82 bits per heavy atom. The number of pyridine rings is 1. The van der Waals surface area contributed by atoms with E-state index in [0.29, 0.717) is 44.1 Å². The van der Waals surface area contributed by atoms with Crippen molar-refractivity contribution in [2.75, 3.05) is 30.9 Å². The molecule has 1 N–H and O–H groups in total. The molecule has 2 aliphatic rings. The van der Waals surface area contributed by atoms with Crippen molar-refractivity contribution in [3.63, 3.8) is 0 Å². The van der Waals surface area contributed by atoms with E-state index in [0.717, 1.165) is 16.8 Å². The van der Waals surface area contributed by atoms with Crippen molar-refractivity contribution in [1.82, 2.24) is 25.0 Å². The van der Waals surface area contributed by atoms with Gasteiger partial charge in [-0.05, 0) is 31.4 Å². The number of aromatic nitrogens is 5. The zero-order valence-corrected chi connectivity index (χ0v) is 16.6. The fraction of sp³-hybridized carbons (Fsp3) is 0.500. The minimum absolute atomic E-state index is 0.156. The summed E-state index contributed by atoms with van der Waals surface area (Å²) in [7, 11) is -3.27. The molecule has 3 aromatic heterocycles. The van der Waals surface area contributed by atoms with Crippen molar-refractivity contribution in [2.45, 2.75) is 30.6 Å². The molecule has 0 aromatic carbocycles. The van der Waals surface area contributed by atoms with E-state index in [1.807, 2.05) is 6.07 Å². The van der Waals surface area contributed by atoms with E-state index < -0.39 is 14.6 Å². The Morgan fingerprint density at radius 1 is 1.36 bits per heavy atom. The maximum Gasteiger partial charge on any atom is 0.167 e. The number of rotatable bonds is 4. The smallest absolute Gasteiger partial charge is 0.167 e. The number of nitrogens with zero attached hydrogens (tertiary/aromatic N) is 5. The maximum absolute atomic E-state index is 12.6. The van der Waals surface area contributed by atoms with Crippen molar-refractivity contribution in [1.29, 1.82) is 0 Å². The minimum Gasteiger partial charge on any atom is -0.377 e. The van der Waals surface area contributed by atoms with Crippen LogP contribution < -0.4 is 4.90 Å². The summed E-state index contributed by atoms with van der Waals surface area (Å²) in [6.07, 6.45) is 5.92. The monoisotopic (exact) mass is 402 g/mol. The Balaban J connectivity index is 1.76. The molecule has 1 saturated carbocycles. The summed E-state index contributed by atoms with van der Waals surface area (Å²) in [5.74, 6) is 1.44. The predicted octanol–water partition coefficient (Wildman–Crippen LogP) is 1.40. The van der Waals surface area contributed by atoms with Gasteiger partial charge in [-0.15, -0.1) is 0 Å². The normalized spacial score (nSPS) is 21.9. The molecule has 0 unspecified atom stereocenters. The highest BCUT2D eigenvalue weighted by Crippen LogP contribution is 2.54. The average molecular weight is 402 g/mol. The van der Waals surface area contributed by atoms with Crippen LogP contribution >= 0.6 is 0 Å². The summed E-state index contributed by atoms with van der Waals surface area (Å²) >= 11 is 0. The second kappa shape index (κ2) is 6.02. The van der Waals surface area contributed by atoms with E-state index in [4.69, 9.17) is 9.72 Å². The van der Waals surface area contributed by atoms with Gasteiger partial charge in [0.1, 0.15) is 5.82 Å². The van der Waals surface area contributed by atoms with Gasteiger partial charge in [0.2, 0.25) is 0 Å². The number of anilines is 1. The molecule has 3 aromatic rings. The molecule has 1 atom stereocenters. The van der Waals surface area contributed by atoms with Gasteiger partial charge in [-0.2, -0.15) is 14.9 Å². The van der Waals surface area contributed by atoms with Crippen LogP contribution in [0.25, 0.3) is 16.9 Å². The second-order valence-corrected chi connectivity index (χ2v) is 9.97. The molecule has 1 aliphatic heterocycles. The van der Waals surface area contributed by atoms with Gasteiger partial charge in [0.15, 0.2) is 21.3 Å². The number of H-pyrrole nitrogens is 1. The van der Waals surface area contributed by atoms with Crippen molar-refractivity contribution in [3.8, 4) is 5.82 Å². The van der Waals surface area contributed by atoms with Crippen LogP contribution in [0.3, 0.4) is 0 Å². The summed E-state index contributed by atoms with van der Waals surface area (Å²) in [4.78, 5) is 7.05. The highest BCUT2D eigenvalue weighted by molar-refractivity contribution is 7.92. The summed E-state index contributed by atoms with van der Waals surface area (Å²) in [6, 6.07) is 3.90. The molecule has 1 saturated heterocycles. The number of hydrogen-bond acceptors (Lipinski definition) is 7. The molecule has 0 bridgehead atoms. The van der Waals surface area contributed by atoms with E-state index in [1.165, 1.54) is 6.26 Å². The van der Waals surface area contributed by atoms with Crippen LogP contribution in [0.15, 0.2) is 24.5 Å². The number of ether oxygens (including phenoxy) is 1. The van der Waals surface area contributed by atoms with E-state index in [2.05, 4.69) is 27.1 Å². The Bertz CT molecular complexity index is 1130. The molecule has 0 amide bonds. The molecule has 2 fully saturated rings. The van der Waals surface area contributed by atoms with Crippen LogP contribution in [-0.4, -0.2) is 65.4 Å². The van der Waals surface area contributed by atoms with Gasteiger partial charge in [-0.1, -0.05) is 0 Å². The number of fused-ring (bicyclic) bond motifs is 1. The number of morpholine rings is 1. The standard InChI is InChI=1S/C18H22N6O3S/c1-12-11-27-8-7-23(12)16-9-14(18(4-5-18)28(2,25)26)13-10-20-24(17(13)21-16)15-3-6-19-22-15/h3,6,9-10,12H,4-5,7-8,11H2,1-2H3,(H,19,22)/t12-/m1/s1. The first-order chi connectivity index (χ1) is 13.4. The van der Waals surface area contributed by atoms with Crippen LogP contribution in [0.5, 0.6) is 0 Å². The third-order valence-electron chi connectivity index (χ3n) is 5.81. The number of nitrogens with one attached hydrogen (secondary N) is 1. The largest absolute Gasteiger partial charge is 0.377 e. The summed E-state index contributed by atoms with van der Waals surface area (Å²) in [5, 5.41) is 12.1. The predicted molar refractivity (Wildman–Crippen MR) is 104 cm³/mol. The Hall–Kier alpha value is -2.46. The van der Waals surface area contributed by atoms with E-state index >= 15 is 0 Å². The molecule has 1 aliphatic carbocycles. The molecular weight excluding hydrogens is 380 g/mol. The topological polar surface area (TPSA) is 106 Å². The fourth-order valence-corrected chi connectivity index (χ4v) is 5.49. The fourth-order valence-electron chi connectivity index (χ4n) is 4.07. The van der Waals surface area contributed by atoms with E-state index in [9.17, 15) is 8.42 Å². The highest BCUT2D eigenvalue weighted by Gasteiger charge is 2.55. The molecule has 5 rings (SSSR count). The second-order valence-electron chi connectivity index (χ2n) is 7.65. The first-order valence-corrected chi connectivity index (χ1v) is 11.2. The SMILES string of the molecule is C[C@@H]1COCCN1c1cc(C2(S(C)(=O)=O)CC2)c2cnn(-c3ccn[nH]3)c2n1. The van der Waals surface area contributed by atoms with Gasteiger partial charge >= 0.3 is 0 Å². The average Bonchev–Trinajstić information content (AvgIpc) is 3.11. The molecule has 148 valence electrons. The quantitative estimate of drug-likeness (QED) is 0.703. The lowest BCUT2D eigenvalue weighted by atomic mass is 10.1. The van der Waals surface area contributed by atoms with Gasteiger partial charge in [0.25, 0.3) is 0 Å². The van der Waals surface area contributed by atoms with Crippen LogP contribution in [0.1, 0.15) is 25.3 Å². The number of hydrogen-bond donors (Lipinski definition) is 1. The zero-order valence-electron chi connectivity index (χ0n) is 15.8. The molecule has 28 heavy (non-hydrogen) atoms. The van der Waals surface area contributed by atoms with Crippen molar-refractivity contribution in [3.05, 3.63) is 30.1 Å². The number of aromatic amines is 1. The Morgan fingerprint density at radius 2 is 2.18 bits per heavy atom. The first-order valence-electron chi connectivity index (χ1n) is 9.34. The minimum atomic E-state index is -3.27. The van der Waals surface area contributed by atoms with Gasteiger partial charge in [-0.3, -0.25) is 5.10 Å². The van der Waals surface area contributed by atoms with Gasteiger partial charge < -0.3 is 9.64 Å². The third kappa shape index (κ3) is 2.55. The number of sulfone groups is 1.